The molecule has 1 atom stereocenters. The number of urea groups is 1. The Balaban J connectivity index is 2.33. The minimum absolute atomic E-state index is 0.0319. The first-order chi connectivity index (χ1) is 13.4. The third kappa shape index (κ3) is 6.09. The van der Waals surface area contributed by atoms with Crippen molar-refractivity contribution in [1.29, 1.82) is 0 Å². The fourth-order valence-corrected chi connectivity index (χ4v) is 2.51. The first kappa shape index (κ1) is 21.4. The van der Waals surface area contributed by atoms with Crippen LogP contribution in [0.5, 0.6) is 5.75 Å². The standard InChI is InChI=1S/C20H29N5O3/c1-14(2)12-22-20(26)25(16-6-8-17(28-5)9-7-16)18-10-11-21-19(24-18)23-15(3)13-27-4/h6-11,14-15H,12-13H2,1-5H3,(H,22,26)(H,21,23,24)/t15-/m0/s1. The number of carbonyl (C=O) groups excluding carboxylic acids is 1. The van der Waals surface area contributed by atoms with Gasteiger partial charge in [0.15, 0.2) is 0 Å². The second-order valence-electron chi connectivity index (χ2n) is 6.85. The molecule has 0 fully saturated rings. The van der Waals surface area contributed by atoms with Gasteiger partial charge in [0.25, 0.3) is 0 Å². The summed E-state index contributed by atoms with van der Waals surface area (Å²) in [4.78, 5) is 23.2. The van der Waals surface area contributed by atoms with Gasteiger partial charge in [-0.1, -0.05) is 13.8 Å². The molecule has 8 nitrogen and oxygen atoms in total. The molecule has 152 valence electrons. The Morgan fingerprint density at radius 1 is 1.14 bits per heavy atom. The SMILES string of the molecule is COC[C@H](C)Nc1nccc(N(C(=O)NCC(C)C)c2ccc(OC)cc2)n1. The van der Waals surface area contributed by atoms with E-state index in [1.165, 1.54) is 4.90 Å². The number of anilines is 3. The van der Waals surface area contributed by atoms with E-state index >= 15 is 0 Å². The highest BCUT2D eigenvalue weighted by Crippen LogP contribution is 2.26. The molecule has 1 aromatic carbocycles. The molecule has 1 aromatic heterocycles. The molecule has 0 saturated heterocycles. The maximum absolute atomic E-state index is 12.9. The van der Waals surface area contributed by atoms with Crippen LogP contribution in [0.4, 0.5) is 22.2 Å². The van der Waals surface area contributed by atoms with Crippen LogP contribution < -0.4 is 20.3 Å². The molecule has 8 heteroatoms. The number of nitrogens with zero attached hydrogens (tertiary/aromatic N) is 3. The van der Waals surface area contributed by atoms with Crippen LogP contribution in [0, 0.1) is 5.92 Å². The minimum Gasteiger partial charge on any atom is -0.497 e. The smallest absolute Gasteiger partial charge is 0.327 e. The number of carbonyl (C=O) groups is 1. The molecule has 0 bridgehead atoms. The van der Waals surface area contributed by atoms with Gasteiger partial charge >= 0.3 is 6.03 Å². The van der Waals surface area contributed by atoms with Crippen LogP contribution in [-0.4, -0.2) is 49.4 Å². The summed E-state index contributed by atoms with van der Waals surface area (Å²) >= 11 is 0. The van der Waals surface area contributed by atoms with Crippen LogP contribution in [-0.2, 0) is 4.74 Å². The van der Waals surface area contributed by atoms with Crippen LogP contribution in [0.2, 0.25) is 0 Å². The molecular weight excluding hydrogens is 358 g/mol. The highest BCUT2D eigenvalue weighted by molar-refractivity contribution is 5.98. The van der Waals surface area contributed by atoms with Gasteiger partial charge < -0.3 is 20.1 Å². The lowest BCUT2D eigenvalue weighted by Crippen LogP contribution is -2.39. The third-order valence-electron chi connectivity index (χ3n) is 3.86. The van der Waals surface area contributed by atoms with E-state index < -0.39 is 0 Å². The van der Waals surface area contributed by atoms with Crippen molar-refractivity contribution in [3.63, 3.8) is 0 Å². The Morgan fingerprint density at radius 3 is 2.46 bits per heavy atom. The highest BCUT2D eigenvalue weighted by Gasteiger charge is 2.20. The molecule has 0 aliphatic heterocycles. The number of nitrogens with one attached hydrogen (secondary N) is 2. The van der Waals surface area contributed by atoms with Crippen molar-refractivity contribution < 1.29 is 14.3 Å². The molecule has 0 saturated carbocycles. The first-order valence-corrected chi connectivity index (χ1v) is 9.25. The van der Waals surface area contributed by atoms with Gasteiger partial charge in [-0.2, -0.15) is 4.98 Å². The third-order valence-corrected chi connectivity index (χ3v) is 3.86. The van der Waals surface area contributed by atoms with Gasteiger partial charge in [-0.05, 0) is 37.1 Å². The van der Waals surface area contributed by atoms with Gasteiger partial charge in [-0.3, -0.25) is 0 Å². The molecule has 2 aromatic rings. The summed E-state index contributed by atoms with van der Waals surface area (Å²) in [6.45, 7) is 7.14. The lowest BCUT2D eigenvalue weighted by Gasteiger charge is -2.23. The van der Waals surface area contributed by atoms with Gasteiger partial charge in [0, 0.05) is 32.0 Å². The fraction of sp³-hybridized carbons (Fsp3) is 0.450. The number of aromatic nitrogens is 2. The predicted octanol–water partition coefficient (Wildman–Crippen LogP) is 3.44. The van der Waals surface area contributed by atoms with Gasteiger partial charge in [0.2, 0.25) is 5.95 Å². The zero-order valence-corrected chi connectivity index (χ0v) is 17.1. The number of methoxy groups -OCH3 is 2. The van der Waals surface area contributed by atoms with Gasteiger partial charge in [0.05, 0.1) is 19.4 Å². The molecular formula is C20H29N5O3. The van der Waals surface area contributed by atoms with E-state index in [2.05, 4.69) is 20.6 Å². The maximum atomic E-state index is 12.9. The number of hydrogen-bond acceptors (Lipinski definition) is 6. The minimum atomic E-state index is -0.256. The highest BCUT2D eigenvalue weighted by atomic mass is 16.5. The van der Waals surface area contributed by atoms with E-state index in [0.717, 1.165) is 0 Å². The van der Waals surface area contributed by atoms with Crippen LogP contribution in [0.25, 0.3) is 0 Å². The first-order valence-electron chi connectivity index (χ1n) is 9.25. The van der Waals surface area contributed by atoms with Crippen LogP contribution in [0.3, 0.4) is 0 Å². The van der Waals surface area contributed by atoms with E-state index in [-0.39, 0.29) is 12.1 Å². The number of rotatable bonds is 9. The van der Waals surface area contributed by atoms with Crippen LogP contribution in [0.1, 0.15) is 20.8 Å². The van der Waals surface area contributed by atoms with Crippen LogP contribution >= 0.6 is 0 Å². The van der Waals surface area contributed by atoms with Crippen molar-refractivity contribution in [2.24, 2.45) is 5.92 Å². The zero-order valence-electron chi connectivity index (χ0n) is 17.1. The van der Waals surface area contributed by atoms with Crippen LogP contribution in [0.15, 0.2) is 36.5 Å². The summed E-state index contributed by atoms with van der Waals surface area (Å²) in [5.74, 6) is 1.94. The number of ether oxygens (including phenoxy) is 2. The summed E-state index contributed by atoms with van der Waals surface area (Å²) in [6.07, 6.45) is 1.62. The lowest BCUT2D eigenvalue weighted by molar-refractivity contribution is 0.190. The van der Waals surface area contributed by atoms with Crippen molar-refractivity contribution in [3.8, 4) is 5.75 Å². The predicted molar refractivity (Wildman–Crippen MR) is 110 cm³/mol. The second kappa shape index (κ2) is 10.5. The maximum Gasteiger partial charge on any atom is 0.327 e. The molecule has 28 heavy (non-hydrogen) atoms. The van der Waals surface area contributed by atoms with Crippen molar-refractivity contribution >= 4 is 23.5 Å². The Morgan fingerprint density at radius 2 is 1.86 bits per heavy atom. The number of hydrogen-bond donors (Lipinski definition) is 2. The zero-order chi connectivity index (χ0) is 20.5. The molecule has 2 amide bonds. The van der Waals surface area contributed by atoms with Crippen molar-refractivity contribution in [1.82, 2.24) is 15.3 Å². The fourth-order valence-electron chi connectivity index (χ4n) is 2.51. The van der Waals surface area contributed by atoms with Gasteiger partial charge in [-0.25, -0.2) is 14.7 Å². The summed E-state index contributed by atoms with van der Waals surface area (Å²) in [5, 5.41) is 6.11. The Hall–Kier alpha value is -2.87. The lowest BCUT2D eigenvalue weighted by atomic mass is 10.2. The summed E-state index contributed by atoms with van der Waals surface area (Å²) in [6, 6.07) is 8.72. The van der Waals surface area contributed by atoms with E-state index in [9.17, 15) is 4.79 Å². The van der Waals surface area contributed by atoms with Crippen molar-refractivity contribution in [3.05, 3.63) is 36.5 Å². The monoisotopic (exact) mass is 387 g/mol. The quantitative estimate of drug-likeness (QED) is 0.685. The van der Waals surface area contributed by atoms with E-state index in [1.54, 1.807) is 38.6 Å². The van der Waals surface area contributed by atoms with Crippen molar-refractivity contribution in [2.45, 2.75) is 26.8 Å². The normalized spacial score (nSPS) is 11.8. The average Bonchev–Trinajstić information content (AvgIpc) is 2.67. The molecule has 0 aliphatic carbocycles. The topological polar surface area (TPSA) is 88.6 Å². The number of benzene rings is 1. The summed E-state index contributed by atoms with van der Waals surface area (Å²) < 4.78 is 10.3. The second-order valence-corrected chi connectivity index (χ2v) is 6.85. The van der Waals surface area contributed by atoms with Gasteiger partial charge in [-0.15, -0.1) is 0 Å². The van der Waals surface area contributed by atoms with E-state index in [0.29, 0.717) is 42.3 Å². The summed E-state index contributed by atoms with van der Waals surface area (Å²) in [7, 11) is 3.24. The molecule has 0 aliphatic rings. The molecule has 2 rings (SSSR count). The number of amides is 2. The van der Waals surface area contributed by atoms with Gasteiger partial charge in [0.1, 0.15) is 11.6 Å². The largest absolute Gasteiger partial charge is 0.497 e. The molecule has 0 radical (unpaired) electrons. The molecule has 0 unspecified atom stereocenters. The average molecular weight is 387 g/mol. The Kier molecular flexibility index (Phi) is 8.01. The Labute approximate surface area is 166 Å². The molecule has 2 N–H and O–H groups in total. The van der Waals surface area contributed by atoms with E-state index in [1.807, 2.05) is 32.9 Å². The van der Waals surface area contributed by atoms with E-state index in [4.69, 9.17) is 9.47 Å². The molecule has 1 heterocycles. The summed E-state index contributed by atoms with van der Waals surface area (Å²) in [5.41, 5.74) is 0.677. The molecule has 0 spiro atoms. The Bertz CT molecular complexity index is 752. The van der Waals surface area contributed by atoms with Crippen molar-refractivity contribution in [2.75, 3.05) is 37.6 Å².